The molecule has 2 saturated heterocycles. The number of nitrogens with one attached hydrogen (secondary N) is 1. The molecule has 0 bridgehead atoms. The summed E-state index contributed by atoms with van der Waals surface area (Å²) in [5, 5.41) is 14.2. The minimum Gasteiger partial charge on any atom is -1.00 e. The van der Waals surface area contributed by atoms with E-state index in [-0.39, 0.29) is 19.0 Å². The number of hydrogen-bond donors (Lipinski definition) is 2. The zero-order valence-corrected chi connectivity index (χ0v) is 29.3. The number of pyridine rings is 2. The highest BCUT2D eigenvalue weighted by atomic mass is 35.5. The molecule has 5 rings (SSSR count). The van der Waals surface area contributed by atoms with Crippen molar-refractivity contribution in [2.24, 2.45) is 5.92 Å². The van der Waals surface area contributed by atoms with Crippen molar-refractivity contribution < 1.29 is 26.7 Å². The molecule has 0 radical (unpaired) electrons. The third-order valence-electron chi connectivity index (χ3n) is 9.05. The number of halogens is 3. The van der Waals surface area contributed by atoms with Crippen molar-refractivity contribution in [3.63, 3.8) is 0 Å². The molecule has 4 heterocycles. The van der Waals surface area contributed by atoms with E-state index in [1.807, 2.05) is 37.3 Å². The number of piperazine rings is 1. The Morgan fingerprint density at radius 3 is 2.37 bits per heavy atom. The van der Waals surface area contributed by atoms with E-state index in [2.05, 4.69) is 34.7 Å². The van der Waals surface area contributed by atoms with Crippen LogP contribution in [0.25, 0.3) is 11.3 Å². The van der Waals surface area contributed by atoms with Crippen LogP contribution in [0.1, 0.15) is 38.7 Å². The van der Waals surface area contributed by atoms with E-state index < -0.39 is 0 Å². The fourth-order valence-electron chi connectivity index (χ4n) is 6.58. The van der Waals surface area contributed by atoms with Gasteiger partial charge >= 0.3 is 0 Å². The van der Waals surface area contributed by atoms with Crippen LogP contribution in [0.3, 0.4) is 0 Å². The van der Waals surface area contributed by atoms with Crippen molar-refractivity contribution in [2.75, 3.05) is 70.4 Å². The molecular formula is C35H47Cl3N6O2. The third kappa shape index (κ3) is 9.96. The molecule has 0 unspecified atom stereocenters. The van der Waals surface area contributed by atoms with E-state index in [9.17, 15) is 5.11 Å². The van der Waals surface area contributed by atoms with Crippen LogP contribution in [0.4, 0.5) is 5.82 Å². The van der Waals surface area contributed by atoms with E-state index >= 15 is 0 Å². The van der Waals surface area contributed by atoms with Gasteiger partial charge in [0.1, 0.15) is 18.1 Å². The standard InChI is InChI=1S/C35H47Cl2N6O2.ClH/c1-4-13-43(16-17-44)14-11-42(12-15-43)34-6-5-32(24-39-34)45-35-19-28(18-33(40-35)29-20-30(36)22-31(37)21-29)25-41-9-7-27(8-10-41)23-38-26(2)3;/h5-6,18-22,24,27,38,44H,2,4,7-17,23,25H2,1,3H3;1H/q+1;/p-1. The molecule has 2 aliphatic rings. The van der Waals surface area contributed by atoms with Crippen LogP contribution < -0.4 is 27.4 Å². The smallest absolute Gasteiger partial charge is 0.220 e. The predicted octanol–water partition coefficient (Wildman–Crippen LogP) is 3.62. The zero-order chi connectivity index (χ0) is 31.8. The van der Waals surface area contributed by atoms with Gasteiger partial charge in [-0.15, -0.1) is 0 Å². The molecule has 2 aliphatic heterocycles. The molecule has 0 saturated carbocycles. The molecule has 2 fully saturated rings. The van der Waals surface area contributed by atoms with E-state index in [0.29, 0.717) is 27.6 Å². The summed E-state index contributed by atoms with van der Waals surface area (Å²) in [6, 6.07) is 13.6. The van der Waals surface area contributed by atoms with Crippen LogP contribution >= 0.6 is 23.2 Å². The summed E-state index contributed by atoms with van der Waals surface area (Å²) < 4.78 is 7.30. The maximum absolute atomic E-state index is 9.61. The molecule has 1 aromatic carbocycles. The van der Waals surface area contributed by atoms with Crippen LogP contribution in [0, 0.1) is 5.92 Å². The number of anilines is 1. The molecule has 2 N–H and O–H groups in total. The molecule has 8 nitrogen and oxygen atoms in total. The van der Waals surface area contributed by atoms with Crippen LogP contribution in [0.5, 0.6) is 11.6 Å². The molecule has 11 heteroatoms. The Balaban J connectivity index is 0.00000480. The minimum atomic E-state index is 0. The number of likely N-dealkylation sites (tertiary alicyclic amines) is 1. The lowest BCUT2D eigenvalue weighted by molar-refractivity contribution is -0.928. The van der Waals surface area contributed by atoms with E-state index in [1.165, 1.54) is 0 Å². The number of benzene rings is 1. The van der Waals surface area contributed by atoms with Crippen LogP contribution in [0.2, 0.25) is 10.0 Å². The summed E-state index contributed by atoms with van der Waals surface area (Å²) in [5.41, 5.74) is 3.76. The summed E-state index contributed by atoms with van der Waals surface area (Å²) in [5.74, 6) is 2.76. The molecule has 0 atom stereocenters. The van der Waals surface area contributed by atoms with Crippen molar-refractivity contribution in [3.8, 4) is 22.9 Å². The van der Waals surface area contributed by atoms with Crippen molar-refractivity contribution in [1.82, 2.24) is 20.2 Å². The first-order valence-electron chi connectivity index (χ1n) is 16.2. The van der Waals surface area contributed by atoms with Crippen molar-refractivity contribution in [2.45, 2.75) is 39.7 Å². The second-order valence-corrected chi connectivity index (χ2v) is 13.5. The summed E-state index contributed by atoms with van der Waals surface area (Å²) in [7, 11) is 0. The van der Waals surface area contributed by atoms with Crippen molar-refractivity contribution in [3.05, 3.63) is 76.5 Å². The Hall–Kier alpha value is -2.59. The molecule has 3 aromatic rings. The highest BCUT2D eigenvalue weighted by molar-refractivity contribution is 6.35. The number of quaternary nitrogens is 1. The first-order chi connectivity index (χ1) is 21.7. The number of ether oxygens (including phenoxy) is 1. The van der Waals surface area contributed by atoms with Gasteiger partial charge in [-0.1, -0.05) is 36.7 Å². The molecule has 0 aliphatic carbocycles. The van der Waals surface area contributed by atoms with Gasteiger partial charge in [-0.25, -0.2) is 9.97 Å². The zero-order valence-electron chi connectivity index (χ0n) is 27.0. The Labute approximate surface area is 290 Å². The van der Waals surface area contributed by atoms with Gasteiger partial charge in [0.05, 0.1) is 51.2 Å². The Morgan fingerprint density at radius 2 is 1.76 bits per heavy atom. The molecule has 250 valence electrons. The summed E-state index contributed by atoms with van der Waals surface area (Å²) in [6.07, 6.45) is 5.21. The molecule has 46 heavy (non-hydrogen) atoms. The maximum Gasteiger partial charge on any atom is 0.220 e. The molecule has 0 amide bonds. The fourth-order valence-corrected chi connectivity index (χ4v) is 7.11. The number of piperidine rings is 1. The maximum atomic E-state index is 9.61. The number of hydrogen-bond acceptors (Lipinski definition) is 7. The number of aliphatic hydroxyl groups is 1. The second-order valence-electron chi connectivity index (χ2n) is 12.6. The second kappa shape index (κ2) is 17.0. The SMILES string of the molecule is C=C(C)NCC1CCN(Cc2cc(Oc3ccc(N4CC[N+](CCC)(CCO)CC4)nc3)nc(-c3cc(Cl)cc(Cl)c3)c2)CC1.[Cl-]. The largest absolute Gasteiger partial charge is 1.00 e. The lowest BCUT2D eigenvalue weighted by atomic mass is 9.96. The summed E-state index contributed by atoms with van der Waals surface area (Å²) in [6.45, 7) is 18.1. The normalized spacial score (nSPS) is 16.9. The predicted molar refractivity (Wildman–Crippen MR) is 184 cm³/mol. The quantitative estimate of drug-likeness (QED) is 0.266. The van der Waals surface area contributed by atoms with E-state index in [4.69, 9.17) is 37.9 Å². The van der Waals surface area contributed by atoms with Gasteiger partial charge in [0.25, 0.3) is 0 Å². The van der Waals surface area contributed by atoms with Crippen molar-refractivity contribution >= 4 is 29.0 Å². The topological polar surface area (TPSA) is 73.8 Å². The minimum absolute atomic E-state index is 0. The number of rotatable bonds is 13. The molecule has 0 spiro atoms. The van der Waals surface area contributed by atoms with Gasteiger partial charge in [0, 0.05) is 40.5 Å². The highest BCUT2D eigenvalue weighted by Gasteiger charge is 2.32. The van der Waals surface area contributed by atoms with Gasteiger partial charge in [0.15, 0.2) is 0 Å². The molecular weight excluding hydrogens is 643 g/mol. The lowest BCUT2D eigenvalue weighted by Gasteiger charge is -2.45. The fraction of sp³-hybridized carbons (Fsp3) is 0.486. The number of aromatic nitrogens is 2. The average molecular weight is 690 g/mol. The first-order valence-corrected chi connectivity index (χ1v) is 16.9. The van der Waals surface area contributed by atoms with Gasteiger partial charge in [-0.3, -0.25) is 4.90 Å². The third-order valence-corrected chi connectivity index (χ3v) is 9.49. The molecule has 2 aromatic heterocycles. The highest BCUT2D eigenvalue weighted by Crippen LogP contribution is 2.31. The Bertz CT molecular complexity index is 1400. The van der Waals surface area contributed by atoms with Crippen LogP contribution in [-0.4, -0.2) is 90.0 Å². The monoisotopic (exact) mass is 688 g/mol. The first kappa shape index (κ1) is 36.2. The Kier molecular flexibility index (Phi) is 13.4. The van der Waals surface area contributed by atoms with Crippen LogP contribution in [-0.2, 0) is 6.54 Å². The van der Waals surface area contributed by atoms with E-state index in [1.54, 1.807) is 12.3 Å². The van der Waals surface area contributed by atoms with Gasteiger partial charge < -0.3 is 37.0 Å². The van der Waals surface area contributed by atoms with Crippen LogP contribution in [0.15, 0.2) is 60.9 Å². The number of allylic oxidation sites excluding steroid dienone is 1. The van der Waals surface area contributed by atoms with Crippen molar-refractivity contribution in [1.29, 1.82) is 0 Å². The van der Waals surface area contributed by atoms with E-state index in [0.717, 1.165) is 118 Å². The summed E-state index contributed by atoms with van der Waals surface area (Å²) in [4.78, 5) is 14.4. The average Bonchev–Trinajstić information content (AvgIpc) is 3.01. The number of aliphatic hydroxyl groups excluding tert-OH is 1. The number of nitrogens with zero attached hydrogens (tertiary/aromatic N) is 5. The van der Waals surface area contributed by atoms with Gasteiger partial charge in [0.2, 0.25) is 5.88 Å². The Morgan fingerprint density at radius 1 is 1.04 bits per heavy atom. The summed E-state index contributed by atoms with van der Waals surface area (Å²) >= 11 is 12.7. The van der Waals surface area contributed by atoms with Gasteiger partial charge in [-0.2, -0.15) is 0 Å². The lowest BCUT2D eigenvalue weighted by Crippen LogP contribution is -3.00. The van der Waals surface area contributed by atoms with Gasteiger partial charge in [-0.05, 0) is 87.2 Å².